The third-order valence-electron chi connectivity index (χ3n) is 2.95. The molecule has 0 heterocycles. The SMILES string of the molecule is CCc1ccc(OCc2ccccc2)c(NC(N)=O)c1. The highest BCUT2D eigenvalue weighted by atomic mass is 16.5. The van der Waals surface area contributed by atoms with Crippen LogP contribution in [0.15, 0.2) is 48.5 Å². The molecule has 2 aromatic rings. The van der Waals surface area contributed by atoms with Crippen LogP contribution in [0, 0.1) is 0 Å². The van der Waals surface area contributed by atoms with E-state index in [2.05, 4.69) is 5.32 Å². The molecule has 0 atom stereocenters. The molecule has 2 amide bonds. The second-order valence-corrected chi connectivity index (χ2v) is 4.45. The molecule has 2 rings (SSSR count). The van der Waals surface area contributed by atoms with Crippen LogP contribution in [0.25, 0.3) is 0 Å². The smallest absolute Gasteiger partial charge is 0.316 e. The van der Waals surface area contributed by atoms with Crippen molar-refractivity contribution in [1.29, 1.82) is 0 Å². The van der Waals surface area contributed by atoms with Gasteiger partial charge < -0.3 is 15.8 Å². The van der Waals surface area contributed by atoms with Crippen molar-refractivity contribution in [1.82, 2.24) is 0 Å². The largest absolute Gasteiger partial charge is 0.487 e. The number of primary amides is 1. The zero-order chi connectivity index (χ0) is 14.4. The number of aryl methyl sites for hydroxylation is 1. The Morgan fingerprint density at radius 2 is 1.90 bits per heavy atom. The lowest BCUT2D eigenvalue weighted by Gasteiger charge is -2.13. The van der Waals surface area contributed by atoms with Gasteiger partial charge in [0.2, 0.25) is 0 Å². The van der Waals surface area contributed by atoms with Gasteiger partial charge in [0, 0.05) is 0 Å². The summed E-state index contributed by atoms with van der Waals surface area (Å²) < 4.78 is 5.75. The second-order valence-electron chi connectivity index (χ2n) is 4.45. The fourth-order valence-electron chi connectivity index (χ4n) is 1.89. The Morgan fingerprint density at radius 1 is 1.15 bits per heavy atom. The molecule has 3 N–H and O–H groups in total. The van der Waals surface area contributed by atoms with E-state index < -0.39 is 6.03 Å². The first-order valence-electron chi connectivity index (χ1n) is 6.55. The predicted molar refractivity (Wildman–Crippen MR) is 79.8 cm³/mol. The Hall–Kier alpha value is -2.49. The number of benzene rings is 2. The molecule has 0 saturated carbocycles. The van der Waals surface area contributed by atoms with Crippen molar-refractivity contribution in [3.63, 3.8) is 0 Å². The lowest BCUT2D eigenvalue weighted by Crippen LogP contribution is -2.20. The molecular weight excluding hydrogens is 252 g/mol. The summed E-state index contributed by atoms with van der Waals surface area (Å²) in [5, 5.41) is 2.60. The number of anilines is 1. The maximum Gasteiger partial charge on any atom is 0.316 e. The molecule has 104 valence electrons. The lowest BCUT2D eigenvalue weighted by molar-refractivity contribution is 0.259. The number of rotatable bonds is 5. The van der Waals surface area contributed by atoms with Crippen LogP contribution in [0.5, 0.6) is 5.75 Å². The van der Waals surface area contributed by atoms with Crippen LogP contribution in [0.1, 0.15) is 18.1 Å². The zero-order valence-electron chi connectivity index (χ0n) is 11.4. The van der Waals surface area contributed by atoms with E-state index in [4.69, 9.17) is 10.5 Å². The van der Waals surface area contributed by atoms with Gasteiger partial charge in [-0.15, -0.1) is 0 Å². The van der Waals surface area contributed by atoms with E-state index in [1.807, 2.05) is 55.5 Å². The molecule has 0 spiro atoms. The van der Waals surface area contributed by atoms with E-state index in [0.29, 0.717) is 18.0 Å². The Balaban J connectivity index is 2.15. The fourth-order valence-corrected chi connectivity index (χ4v) is 1.89. The molecular formula is C16H18N2O2. The molecule has 0 radical (unpaired) electrons. The van der Waals surface area contributed by atoms with Crippen molar-refractivity contribution >= 4 is 11.7 Å². The molecule has 20 heavy (non-hydrogen) atoms. The Labute approximate surface area is 118 Å². The van der Waals surface area contributed by atoms with Crippen molar-refractivity contribution < 1.29 is 9.53 Å². The minimum Gasteiger partial charge on any atom is -0.487 e. The van der Waals surface area contributed by atoms with Crippen molar-refractivity contribution in [2.24, 2.45) is 5.73 Å². The number of hydrogen-bond acceptors (Lipinski definition) is 2. The highest BCUT2D eigenvalue weighted by molar-refractivity contribution is 5.89. The van der Waals surface area contributed by atoms with E-state index in [1.54, 1.807) is 0 Å². The summed E-state index contributed by atoms with van der Waals surface area (Å²) in [4.78, 5) is 11.1. The van der Waals surface area contributed by atoms with Crippen molar-refractivity contribution in [2.75, 3.05) is 5.32 Å². The van der Waals surface area contributed by atoms with Crippen LogP contribution in [0.3, 0.4) is 0 Å². The number of carbonyl (C=O) groups is 1. The average Bonchev–Trinajstić information content (AvgIpc) is 2.46. The van der Waals surface area contributed by atoms with Gasteiger partial charge in [-0.25, -0.2) is 4.79 Å². The maximum absolute atomic E-state index is 11.1. The first kappa shape index (κ1) is 13.9. The third-order valence-corrected chi connectivity index (χ3v) is 2.95. The number of nitrogens with two attached hydrogens (primary N) is 1. The fraction of sp³-hybridized carbons (Fsp3) is 0.188. The van der Waals surface area contributed by atoms with Crippen molar-refractivity contribution in [3.05, 3.63) is 59.7 Å². The normalized spacial score (nSPS) is 10.1. The van der Waals surface area contributed by atoms with E-state index in [9.17, 15) is 4.79 Å². The first-order valence-corrected chi connectivity index (χ1v) is 6.55. The van der Waals surface area contributed by atoms with Crippen LogP contribution >= 0.6 is 0 Å². The third kappa shape index (κ3) is 3.75. The Kier molecular flexibility index (Phi) is 4.60. The lowest BCUT2D eigenvalue weighted by atomic mass is 10.1. The Morgan fingerprint density at radius 3 is 2.55 bits per heavy atom. The molecule has 0 aliphatic rings. The minimum atomic E-state index is -0.595. The molecule has 0 fully saturated rings. The molecule has 4 heteroatoms. The summed E-state index contributed by atoms with van der Waals surface area (Å²) in [6.45, 7) is 2.49. The molecule has 2 aromatic carbocycles. The van der Waals surface area contributed by atoms with Crippen LogP contribution in [0.4, 0.5) is 10.5 Å². The van der Waals surface area contributed by atoms with Gasteiger partial charge in [-0.1, -0.05) is 43.3 Å². The van der Waals surface area contributed by atoms with Crippen LogP contribution < -0.4 is 15.8 Å². The molecule has 0 aliphatic carbocycles. The van der Waals surface area contributed by atoms with Crippen molar-refractivity contribution in [3.8, 4) is 5.75 Å². The predicted octanol–water partition coefficient (Wildman–Crippen LogP) is 3.32. The highest BCUT2D eigenvalue weighted by Gasteiger charge is 2.07. The first-order chi connectivity index (χ1) is 9.69. The average molecular weight is 270 g/mol. The molecule has 0 aliphatic heterocycles. The number of nitrogens with one attached hydrogen (secondary N) is 1. The van der Waals surface area contributed by atoms with Gasteiger partial charge in [-0.2, -0.15) is 0 Å². The van der Waals surface area contributed by atoms with Crippen LogP contribution in [-0.2, 0) is 13.0 Å². The number of urea groups is 1. The molecule has 0 bridgehead atoms. The van der Waals surface area contributed by atoms with E-state index >= 15 is 0 Å². The summed E-state index contributed by atoms with van der Waals surface area (Å²) in [5.41, 5.74) is 7.97. The van der Waals surface area contributed by atoms with Gasteiger partial charge in [0.05, 0.1) is 5.69 Å². The molecule has 0 unspecified atom stereocenters. The van der Waals surface area contributed by atoms with Gasteiger partial charge in [-0.3, -0.25) is 0 Å². The number of carbonyl (C=O) groups excluding carboxylic acids is 1. The summed E-state index contributed by atoms with van der Waals surface area (Å²) in [6.07, 6.45) is 0.881. The standard InChI is InChI=1S/C16H18N2O2/c1-2-12-8-9-15(14(10-12)18-16(17)19)20-11-13-6-4-3-5-7-13/h3-10H,2,11H2,1H3,(H3,17,18,19). The van der Waals surface area contributed by atoms with Gasteiger partial charge >= 0.3 is 6.03 Å². The molecule has 0 saturated heterocycles. The van der Waals surface area contributed by atoms with Gasteiger partial charge in [0.1, 0.15) is 12.4 Å². The van der Waals surface area contributed by atoms with E-state index in [0.717, 1.165) is 17.5 Å². The second kappa shape index (κ2) is 6.61. The summed E-state index contributed by atoms with van der Waals surface area (Å²) in [7, 11) is 0. The van der Waals surface area contributed by atoms with Gasteiger partial charge in [0.25, 0.3) is 0 Å². The summed E-state index contributed by atoms with van der Waals surface area (Å²) in [5.74, 6) is 0.616. The van der Waals surface area contributed by atoms with Gasteiger partial charge in [0.15, 0.2) is 0 Å². The Bertz CT molecular complexity index is 582. The summed E-state index contributed by atoms with van der Waals surface area (Å²) in [6, 6.07) is 15.0. The van der Waals surface area contributed by atoms with Crippen molar-refractivity contribution in [2.45, 2.75) is 20.0 Å². The number of amides is 2. The summed E-state index contributed by atoms with van der Waals surface area (Å²) >= 11 is 0. The number of ether oxygens (including phenoxy) is 1. The maximum atomic E-state index is 11.1. The van der Waals surface area contributed by atoms with E-state index in [1.165, 1.54) is 0 Å². The van der Waals surface area contributed by atoms with Gasteiger partial charge in [-0.05, 0) is 29.7 Å². The quantitative estimate of drug-likeness (QED) is 0.875. The molecule has 0 aromatic heterocycles. The zero-order valence-corrected chi connectivity index (χ0v) is 11.4. The monoisotopic (exact) mass is 270 g/mol. The number of hydrogen-bond donors (Lipinski definition) is 2. The van der Waals surface area contributed by atoms with Crippen LogP contribution in [0.2, 0.25) is 0 Å². The highest BCUT2D eigenvalue weighted by Crippen LogP contribution is 2.26. The van der Waals surface area contributed by atoms with E-state index in [-0.39, 0.29) is 0 Å². The minimum absolute atomic E-state index is 0.444. The topological polar surface area (TPSA) is 64.3 Å². The molecule has 4 nitrogen and oxygen atoms in total. The van der Waals surface area contributed by atoms with Crippen LogP contribution in [-0.4, -0.2) is 6.03 Å².